The number of benzene rings is 1. The minimum atomic E-state index is -0.443. The molecule has 0 saturated carbocycles. The van der Waals surface area contributed by atoms with Gasteiger partial charge >= 0.3 is 0 Å². The standard InChI is InChI=1S/C13H14ClN3O3/c1-9(14)11-6-15-16(8-11)7-10-3-12(17(18)19)5-13(4-10)20-2/h3-6,8-9H,7H2,1-2H3. The van der Waals surface area contributed by atoms with Crippen molar-refractivity contribution >= 4 is 17.3 Å². The minimum absolute atomic E-state index is 0.00237. The molecule has 0 radical (unpaired) electrons. The van der Waals surface area contributed by atoms with Crippen LogP contribution in [0.3, 0.4) is 0 Å². The van der Waals surface area contributed by atoms with E-state index in [4.69, 9.17) is 16.3 Å². The van der Waals surface area contributed by atoms with Crippen molar-refractivity contribution in [3.05, 3.63) is 51.8 Å². The highest BCUT2D eigenvalue weighted by Crippen LogP contribution is 2.24. The highest BCUT2D eigenvalue weighted by Gasteiger charge is 2.11. The van der Waals surface area contributed by atoms with Crippen molar-refractivity contribution in [1.29, 1.82) is 0 Å². The van der Waals surface area contributed by atoms with Crippen molar-refractivity contribution < 1.29 is 9.66 Å². The summed E-state index contributed by atoms with van der Waals surface area (Å²) in [5.74, 6) is 0.451. The molecule has 0 N–H and O–H groups in total. The molecule has 1 aromatic carbocycles. The van der Waals surface area contributed by atoms with Crippen LogP contribution in [-0.4, -0.2) is 21.8 Å². The number of alkyl halides is 1. The third-order valence-corrected chi connectivity index (χ3v) is 3.11. The van der Waals surface area contributed by atoms with Gasteiger partial charge in [-0.05, 0) is 18.6 Å². The Balaban J connectivity index is 2.27. The molecule has 0 aliphatic heterocycles. The largest absolute Gasteiger partial charge is 0.496 e. The summed E-state index contributed by atoms with van der Waals surface area (Å²) >= 11 is 5.97. The van der Waals surface area contributed by atoms with Crippen molar-refractivity contribution in [2.24, 2.45) is 0 Å². The van der Waals surface area contributed by atoms with Crippen molar-refractivity contribution in [1.82, 2.24) is 9.78 Å². The molecule has 0 aliphatic rings. The van der Waals surface area contributed by atoms with E-state index in [0.29, 0.717) is 12.3 Å². The SMILES string of the molecule is COc1cc(Cn2cc(C(C)Cl)cn2)cc([N+](=O)[O-])c1. The second-order valence-corrected chi connectivity index (χ2v) is 5.04. The van der Waals surface area contributed by atoms with Gasteiger partial charge in [-0.3, -0.25) is 14.8 Å². The first kappa shape index (κ1) is 14.3. The number of aromatic nitrogens is 2. The van der Waals surface area contributed by atoms with E-state index in [-0.39, 0.29) is 11.1 Å². The first-order chi connectivity index (χ1) is 9.49. The molecule has 0 aliphatic carbocycles. The lowest BCUT2D eigenvalue weighted by molar-refractivity contribution is -0.385. The average molecular weight is 296 g/mol. The first-order valence-corrected chi connectivity index (χ1v) is 6.42. The van der Waals surface area contributed by atoms with Gasteiger partial charge in [-0.1, -0.05) is 0 Å². The first-order valence-electron chi connectivity index (χ1n) is 5.98. The molecule has 2 aromatic rings. The molecular weight excluding hydrogens is 282 g/mol. The summed E-state index contributed by atoms with van der Waals surface area (Å²) in [7, 11) is 1.48. The lowest BCUT2D eigenvalue weighted by Gasteiger charge is -2.05. The number of hydrogen-bond donors (Lipinski definition) is 0. The zero-order chi connectivity index (χ0) is 14.7. The summed E-state index contributed by atoms with van der Waals surface area (Å²) in [6.45, 7) is 2.28. The summed E-state index contributed by atoms with van der Waals surface area (Å²) in [5, 5.41) is 14.9. The van der Waals surface area contributed by atoms with Crippen LogP contribution in [0.1, 0.15) is 23.4 Å². The van der Waals surface area contributed by atoms with Gasteiger partial charge in [-0.15, -0.1) is 11.6 Å². The molecule has 0 saturated heterocycles. The van der Waals surface area contributed by atoms with Crippen LogP contribution in [0.25, 0.3) is 0 Å². The maximum absolute atomic E-state index is 10.9. The van der Waals surface area contributed by atoms with Gasteiger partial charge in [0, 0.05) is 17.8 Å². The smallest absolute Gasteiger partial charge is 0.273 e. The predicted molar refractivity (Wildman–Crippen MR) is 75.2 cm³/mol. The molecule has 0 amide bonds. The topological polar surface area (TPSA) is 70.2 Å². The van der Waals surface area contributed by atoms with E-state index >= 15 is 0 Å². The number of methoxy groups -OCH3 is 1. The van der Waals surface area contributed by atoms with Crippen LogP contribution < -0.4 is 4.74 Å². The molecule has 0 spiro atoms. The second-order valence-electron chi connectivity index (χ2n) is 4.38. The molecule has 0 fully saturated rings. The molecule has 2 rings (SSSR count). The molecule has 6 nitrogen and oxygen atoms in total. The van der Waals surface area contributed by atoms with Crippen molar-refractivity contribution in [2.75, 3.05) is 7.11 Å². The maximum Gasteiger partial charge on any atom is 0.273 e. The van der Waals surface area contributed by atoms with Gasteiger partial charge in [0.25, 0.3) is 5.69 Å². The minimum Gasteiger partial charge on any atom is -0.496 e. The van der Waals surface area contributed by atoms with Crippen molar-refractivity contribution in [3.63, 3.8) is 0 Å². The van der Waals surface area contributed by atoms with Gasteiger partial charge in [-0.25, -0.2) is 0 Å². The molecule has 1 heterocycles. The number of nitro benzene ring substituents is 1. The Bertz CT molecular complexity index is 625. The summed E-state index contributed by atoms with van der Waals surface area (Å²) < 4.78 is 6.76. The van der Waals surface area contributed by atoms with E-state index in [2.05, 4.69) is 5.10 Å². The molecule has 106 valence electrons. The molecule has 1 unspecified atom stereocenters. The summed E-state index contributed by atoms with van der Waals surface area (Å²) in [6.07, 6.45) is 3.51. The molecule has 1 atom stereocenters. The number of nitro groups is 1. The maximum atomic E-state index is 10.9. The van der Waals surface area contributed by atoms with E-state index in [1.807, 2.05) is 13.1 Å². The van der Waals surface area contributed by atoms with Crippen LogP contribution in [0.4, 0.5) is 5.69 Å². The third kappa shape index (κ3) is 3.27. The second kappa shape index (κ2) is 5.92. The number of nitrogens with zero attached hydrogens (tertiary/aromatic N) is 3. The molecule has 1 aromatic heterocycles. The molecular formula is C13H14ClN3O3. The Labute approximate surface area is 121 Å². The van der Waals surface area contributed by atoms with Crippen LogP contribution in [0.15, 0.2) is 30.6 Å². The van der Waals surface area contributed by atoms with E-state index < -0.39 is 4.92 Å². The highest BCUT2D eigenvalue weighted by atomic mass is 35.5. The number of hydrogen-bond acceptors (Lipinski definition) is 4. The fraction of sp³-hybridized carbons (Fsp3) is 0.308. The van der Waals surface area contributed by atoms with Crippen LogP contribution in [-0.2, 0) is 6.54 Å². The third-order valence-electron chi connectivity index (χ3n) is 2.85. The van der Waals surface area contributed by atoms with Gasteiger partial charge in [0.2, 0.25) is 0 Å². The fourth-order valence-electron chi connectivity index (χ4n) is 1.82. The predicted octanol–water partition coefficient (Wildman–Crippen LogP) is 3.15. The van der Waals surface area contributed by atoms with Crippen LogP contribution >= 0.6 is 11.6 Å². The molecule has 0 bridgehead atoms. The molecule has 20 heavy (non-hydrogen) atoms. The summed E-state index contributed by atoms with van der Waals surface area (Å²) in [4.78, 5) is 10.4. The Morgan fingerprint density at radius 3 is 2.80 bits per heavy atom. The van der Waals surface area contributed by atoms with E-state index in [0.717, 1.165) is 11.1 Å². The van der Waals surface area contributed by atoms with Crippen molar-refractivity contribution in [2.45, 2.75) is 18.8 Å². The number of ether oxygens (including phenoxy) is 1. The Hall–Kier alpha value is -2.08. The Morgan fingerprint density at radius 1 is 1.50 bits per heavy atom. The Morgan fingerprint density at radius 2 is 2.25 bits per heavy atom. The monoisotopic (exact) mass is 295 g/mol. The van der Waals surface area contributed by atoms with Gasteiger partial charge in [0.05, 0.1) is 36.2 Å². The zero-order valence-electron chi connectivity index (χ0n) is 11.1. The van der Waals surface area contributed by atoms with E-state index in [1.165, 1.54) is 19.2 Å². The number of non-ortho nitro benzene ring substituents is 1. The average Bonchev–Trinajstić information content (AvgIpc) is 2.87. The van der Waals surface area contributed by atoms with Crippen LogP contribution in [0.5, 0.6) is 5.75 Å². The highest BCUT2D eigenvalue weighted by molar-refractivity contribution is 6.20. The molecule has 7 heteroatoms. The van der Waals surface area contributed by atoms with Gasteiger partial charge in [-0.2, -0.15) is 5.10 Å². The quantitative estimate of drug-likeness (QED) is 0.482. The lowest BCUT2D eigenvalue weighted by Crippen LogP contribution is -2.01. The summed E-state index contributed by atoms with van der Waals surface area (Å²) in [5.41, 5.74) is 1.65. The van der Waals surface area contributed by atoms with Gasteiger partial charge in [0.1, 0.15) is 5.75 Å². The zero-order valence-corrected chi connectivity index (χ0v) is 11.9. The lowest BCUT2D eigenvalue weighted by atomic mass is 10.2. The Kier molecular flexibility index (Phi) is 4.24. The van der Waals surface area contributed by atoms with Gasteiger partial charge in [0.15, 0.2) is 0 Å². The van der Waals surface area contributed by atoms with E-state index in [9.17, 15) is 10.1 Å². The number of rotatable bonds is 5. The van der Waals surface area contributed by atoms with Crippen molar-refractivity contribution in [3.8, 4) is 5.75 Å². The number of halogens is 1. The summed E-state index contributed by atoms with van der Waals surface area (Å²) in [6, 6.07) is 4.64. The normalized spacial score (nSPS) is 12.2. The van der Waals surface area contributed by atoms with E-state index in [1.54, 1.807) is 16.9 Å². The van der Waals surface area contributed by atoms with Crippen LogP contribution in [0.2, 0.25) is 0 Å². The fourth-order valence-corrected chi connectivity index (χ4v) is 1.93. The van der Waals surface area contributed by atoms with Gasteiger partial charge < -0.3 is 4.74 Å². The van der Waals surface area contributed by atoms with Crippen LogP contribution in [0, 0.1) is 10.1 Å².